The maximum Gasteiger partial charge on any atom is 0.405 e. The average molecular weight is 566 g/mol. The Balaban J connectivity index is 1.54. The number of nitrogens with one attached hydrogen (secondary N) is 3. The highest BCUT2D eigenvalue weighted by molar-refractivity contribution is 6.01. The molecular formula is C28H35F4N5O3. The molecule has 0 unspecified atom stereocenters. The Bertz CT molecular complexity index is 1260. The van der Waals surface area contributed by atoms with Gasteiger partial charge < -0.3 is 16.0 Å². The first kappa shape index (κ1) is 29.5. The molecule has 40 heavy (non-hydrogen) atoms. The van der Waals surface area contributed by atoms with E-state index in [0.29, 0.717) is 23.1 Å². The van der Waals surface area contributed by atoms with Gasteiger partial charge in [-0.1, -0.05) is 0 Å². The van der Waals surface area contributed by atoms with Crippen LogP contribution in [0.4, 0.5) is 23.2 Å². The van der Waals surface area contributed by atoms with Gasteiger partial charge in [-0.3, -0.25) is 19.1 Å². The second-order valence-electron chi connectivity index (χ2n) is 11.2. The van der Waals surface area contributed by atoms with Gasteiger partial charge in [0.2, 0.25) is 11.8 Å². The Kier molecular flexibility index (Phi) is 8.55. The number of hydrogen-bond acceptors (Lipinski definition) is 4. The number of carbonyl (C=O) groups excluding carboxylic acids is 3. The lowest BCUT2D eigenvalue weighted by Gasteiger charge is -2.28. The third-order valence-corrected chi connectivity index (χ3v) is 7.62. The molecule has 0 spiro atoms. The molecule has 0 aliphatic heterocycles. The van der Waals surface area contributed by atoms with Crippen molar-refractivity contribution in [2.45, 2.75) is 77.6 Å². The van der Waals surface area contributed by atoms with E-state index in [1.165, 1.54) is 19.2 Å². The molecule has 0 bridgehead atoms. The average Bonchev–Trinajstić information content (AvgIpc) is 3.82. The van der Waals surface area contributed by atoms with Gasteiger partial charge >= 0.3 is 6.18 Å². The summed E-state index contributed by atoms with van der Waals surface area (Å²) in [5.41, 5.74) is 0.817. The summed E-state index contributed by atoms with van der Waals surface area (Å²) in [6.07, 6.45) is 0.793. The number of rotatable bonds is 11. The molecule has 4 rings (SSSR count). The molecule has 2 aliphatic carbocycles. The second-order valence-corrected chi connectivity index (χ2v) is 11.2. The highest BCUT2D eigenvalue weighted by Gasteiger charge is 2.48. The number of amides is 3. The number of aromatic nitrogens is 2. The molecule has 0 saturated heterocycles. The van der Waals surface area contributed by atoms with Crippen LogP contribution in [0, 0.1) is 30.5 Å². The summed E-state index contributed by atoms with van der Waals surface area (Å²) in [6.45, 7) is 5.26. The third kappa shape index (κ3) is 7.00. The van der Waals surface area contributed by atoms with Crippen LogP contribution in [-0.4, -0.2) is 46.3 Å². The van der Waals surface area contributed by atoms with Gasteiger partial charge in [-0.05, 0) is 100 Å². The van der Waals surface area contributed by atoms with E-state index in [0.717, 1.165) is 31.7 Å². The first-order valence-electron chi connectivity index (χ1n) is 13.6. The Morgan fingerprint density at radius 1 is 1.05 bits per heavy atom. The Hall–Kier alpha value is -3.44. The third-order valence-electron chi connectivity index (χ3n) is 7.62. The van der Waals surface area contributed by atoms with Crippen molar-refractivity contribution in [3.63, 3.8) is 0 Å². The molecule has 1 heterocycles. The van der Waals surface area contributed by atoms with Crippen molar-refractivity contribution in [3.8, 4) is 0 Å². The summed E-state index contributed by atoms with van der Waals surface area (Å²) < 4.78 is 54.3. The quantitative estimate of drug-likeness (QED) is 0.338. The Morgan fingerprint density at radius 2 is 1.68 bits per heavy atom. The van der Waals surface area contributed by atoms with Crippen LogP contribution >= 0.6 is 0 Å². The molecule has 2 fully saturated rings. The van der Waals surface area contributed by atoms with E-state index in [1.54, 1.807) is 17.7 Å². The van der Waals surface area contributed by atoms with E-state index in [9.17, 15) is 27.6 Å². The van der Waals surface area contributed by atoms with Crippen molar-refractivity contribution in [1.82, 2.24) is 20.4 Å². The lowest BCUT2D eigenvalue weighted by molar-refractivity contribution is -0.139. The summed E-state index contributed by atoms with van der Waals surface area (Å²) >= 11 is 0. The number of anilines is 1. The van der Waals surface area contributed by atoms with Crippen molar-refractivity contribution in [1.29, 1.82) is 0 Å². The molecule has 1 aromatic heterocycles. The lowest BCUT2D eigenvalue weighted by Crippen LogP contribution is -2.50. The van der Waals surface area contributed by atoms with E-state index in [4.69, 9.17) is 0 Å². The summed E-state index contributed by atoms with van der Waals surface area (Å²) in [6, 6.07) is 3.03. The van der Waals surface area contributed by atoms with Crippen LogP contribution in [0.15, 0.2) is 24.4 Å². The normalized spacial score (nSPS) is 17.1. The maximum atomic E-state index is 15.2. The van der Waals surface area contributed by atoms with Crippen molar-refractivity contribution in [2.24, 2.45) is 17.8 Å². The fourth-order valence-electron chi connectivity index (χ4n) is 5.30. The molecule has 2 saturated carbocycles. The van der Waals surface area contributed by atoms with Crippen LogP contribution in [0.5, 0.6) is 0 Å². The first-order valence-corrected chi connectivity index (χ1v) is 13.6. The highest BCUT2D eigenvalue weighted by Crippen LogP contribution is 2.51. The Morgan fingerprint density at radius 3 is 2.23 bits per heavy atom. The van der Waals surface area contributed by atoms with E-state index in [-0.39, 0.29) is 23.2 Å². The van der Waals surface area contributed by atoms with Crippen molar-refractivity contribution in [2.75, 3.05) is 11.9 Å². The van der Waals surface area contributed by atoms with Crippen LogP contribution < -0.4 is 16.0 Å². The predicted octanol–water partition coefficient (Wildman–Crippen LogP) is 4.87. The monoisotopic (exact) mass is 565 g/mol. The number of carbonyl (C=O) groups is 3. The van der Waals surface area contributed by atoms with E-state index in [2.05, 4.69) is 15.7 Å². The molecular weight excluding hydrogens is 530 g/mol. The maximum absolute atomic E-state index is 15.2. The summed E-state index contributed by atoms with van der Waals surface area (Å²) in [4.78, 5) is 39.1. The predicted molar refractivity (Wildman–Crippen MR) is 140 cm³/mol. The van der Waals surface area contributed by atoms with Gasteiger partial charge in [0.15, 0.2) is 0 Å². The zero-order chi connectivity index (χ0) is 29.4. The van der Waals surface area contributed by atoms with Crippen LogP contribution in [0.3, 0.4) is 0 Å². The van der Waals surface area contributed by atoms with Gasteiger partial charge in [0, 0.05) is 12.2 Å². The lowest BCUT2D eigenvalue weighted by atomic mass is 9.88. The van der Waals surface area contributed by atoms with Crippen molar-refractivity contribution >= 4 is 23.4 Å². The van der Waals surface area contributed by atoms with E-state index >= 15 is 4.39 Å². The molecule has 3 amide bonds. The Labute approximate surface area is 230 Å². The molecule has 2 aliphatic rings. The van der Waals surface area contributed by atoms with Crippen molar-refractivity contribution < 1.29 is 31.9 Å². The SMILES string of the molecule is Cc1cc(NC(=O)[C@@H](NC(=O)c2ccnn2C(C)C)C(C2CC2)C2CC2)c(F)cc1[C@@H](C)C(=O)NCC(F)(F)F. The fourth-order valence-corrected chi connectivity index (χ4v) is 5.30. The van der Waals surface area contributed by atoms with Crippen LogP contribution in [0.25, 0.3) is 0 Å². The van der Waals surface area contributed by atoms with E-state index < -0.39 is 48.2 Å². The minimum absolute atomic E-state index is 0.0702. The first-order chi connectivity index (χ1) is 18.8. The van der Waals surface area contributed by atoms with Gasteiger partial charge in [0.05, 0.1) is 11.6 Å². The number of nitrogens with zero attached hydrogens (tertiary/aromatic N) is 2. The number of alkyl halides is 3. The molecule has 2 atom stereocenters. The zero-order valence-corrected chi connectivity index (χ0v) is 22.9. The summed E-state index contributed by atoms with van der Waals surface area (Å²) in [5.74, 6) is -3.25. The molecule has 12 heteroatoms. The second kappa shape index (κ2) is 11.6. The smallest absolute Gasteiger partial charge is 0.346 e. The van der Waals surface area contributed by atoms with E-state index in [1.807, 2.05) is 19.2 Å². The van der Waals surface area contributed by atoms with Crippen LogP contribution in [-0.2, 0) is 9.59 Å². The van der Waals surface area contributed by atoms with Gasteiger partial charge in [-0.2, -0.15) is 18.3 Å². The summed E-state index contributed by atoms with van der Waals surface area (Å²) in [5, 5.41) is 11.5. The number of benzene rings is 1. The topological polar surface area (TPSA) is 105 Å². The minimum atomic E-state index is -4.57. The minimum Gasteiger partial charge on any atom is -0.346 e. The number of aryl methyl sites for hydroxylation is 1. The number of hydrogen-bond donors (Lipinski definition) is 3. The molecule has 3 N–H and O–H groups in total. The molecule has 8 nitrogen and oxygen atoms in total. The fraction of sp³-hybridized carbons (Fsp3) is 0.571. The number of halogens is 4. The van der Waals surface area contributed by atoms with Gasteiger partial charge in [0.1, 0.15) is 24.1 Å². The molecule has 2 aromatic rings. The molecule has 0 radical (unpaired) electrons. The standard InChI is InChI=1S/C28H35F4N5O3/c1-14(2)37-22(9-10-34-37)26(39)36-24(23(17-5-6-17)18-7-8-18)27(40)35-21-11-15(3)19(12-20(21)29)16(4)25(38)33-13-28(30,31)32/h9-12,14,16-18,23-24H,5-8,13H2,1-4H3,(H,33,38)(H,35,40)(H,36,39)/t16-,24+/m1/s1. The highest BCUT2D eigenvalue weighted by atomic mass is 19.4. The largest absolute Gasteiger partial charge is 0.405 e. The van der Waals surface area contributed by atoms with Crippen LogP contribution in [0.1, 0.15) is 80.0 Å². The van der Waals surface area contributed by atoms with Gasteiger partial charge in [-0.25, -0.2) is 4.39 Å². The van der Waals surface area contributed by atoms with Gasteiger partial charge in [0.25, 0.3) is 5.91 Å². The molecule has 1 aromatic carbocycles. The van der Waals surface area contributed by atoms with Crippen molar-refractivity contribution in [3.05, 3.63) is 47.0 Å². The molecule has 218 valence electrons. The van der Waals surface area contributed by atoms with Crippen LogP contribution in [0.2, 0.25) is 0 Å². The van der Waals surface area contributed by atoms with Gasteiger partial charge in [-0.15, -0.1) is 0 Å². The zero-order valence-electron chi connectivity index (χ0n) is 22.9. The summed E-state index contributed by atoms with van der Waals surface area (Å²) in [7, 11) is 0.